The number of guanidine groups is 1. The number of nitrogens with two attached hydrogens (primary N) is 3. The number of hydrogen-bond acceptors (Lipinski definition) is 8. The Hall–Kier alpha value is -7.03. The van der Waals surface area contributed by atoms with E-state index in [2.05, 4.69) is 44.7 Å². The quantitative estimate of drug-likeness (QED) is 0.0201. The highest BCUT2D eigenvalue weighted by molar-refractivity contribution is 6.10. The Morgan fingerprint density at radius 2 is 1.32 bits per heavy atom. The van der Waals surface area contributed by atoms with E-state index in [1.165, 1.54) is 6.08 Å². The Labute approximate surface area is 369 Å². The Balaban J connectivity index is 1.69. The predicted octanol–water partition coefficient (Wildman–Crippen LogP) is 5.13. The van der Waals surface area contributed by atoms with Gasteiger partial charge < -0.3 is 43.8 Å². The van der Waals surface area contributed by atoms with Crippen molar-refractivity contribution >= 4 is 57.8 Å². The van der Waals surface area contributed by atoms with E-state index in [1.54, 1.807) is 12.1 Å². The number of aliphatic imine (C=N–C) groups is 1. The molecule has 4 aromatic rings. The van der Waals surface area contributed by atoms with Gasteiger partial charge in [-0.15, -0.1) is 13.2 Å². The molecule has 4 rings (SSSR count). The molecule has 1 aromatic heterocycles. The second-order valence-electron chi connectivity index (χ2n) is 16.3. The minimum atomic E-state index is -1.14. The van der Waals surface area contributed by atoms with E-state index < -0.39 is 53.7 Å². The van der Waals surface area contributed by atoms with Crippen LogP contribution in [-0.2, 0) is 25.6 Å². The molecule has 3 aromatic carbocycles. The van der Waals surface area contributed by atoms with E-state index in [0.717, 1.165) is 22.5 Å². The van der Waals surface area contributed by atoms with E-state index in [1.807, 2.05) is 101 Å². The first-order valence-corrected chi connectivity index (χ1v) is 21.2. The van der Waals surface area contributed by atoms with Crippen LogP contribution >= 0.6 is 0 Å². The number of anilines is 2. The topological polar surface area (TPSA) is 249 Å². The van der Waals surface area contributed by atoms with Crippen molar-refractivity contribution < 1.29 is 24.0 Å². The molecular weight excluding hydrogens is 797 g/mol. The standard InChI is InChI=1S/C48H62N10O5/c1-7-14-31-21-23-32(24-22-31)38-28-39(53-33-16-10-9-11-17-33)34-18-12-19-35(42(34)54-38)44(60)56-37(20-13-25-52-48(50)51)45(61)57-41(27-30(5)6)47(63)58-40(26-29(3)4)46(62)55-36(15-8-2)43(49)59/h7-12,16-19,21-24,28-30,36-37,40-41H,1-2,13-15,20,25-27H2,3-6H3,(H2,49,59)(H,53,54)(H,55,62)(H,56,60)(H,57,61)(H,58,63)(H4,50,51,52)/t36-,37-,40+,41+/m0/s1. The van der Waals surface area contributed by atoms with E-state index in [9.17, 15) is 24.0 Å². The van der Waals surface area contributed by atoms with Crippen molar-refractivity contribution in [1.82, 2.24) is 26.3 Å². The van der Waals surface area contributed by atoms with Crippen LogP contribution < -0.4 is 43.8 Å². The largest absolute Gasteiger partial charge is 0.370 e. The zero-order chi connectivity index (χ0) is 46.1. The molecule has 5 amide bonds. The van der Waals surface area contributed by atoms with Gasteiger partial charge in [-0.1, -0.05) is 94.4 Å². The first kappa shape index (κ1) is 48.6. The van der Waals surface area contributed by atoms with Gasteiger partial charge in [-0.25, -0.2) is 4.98 Å². The third kappa shape index (κ3) is 14.8. The molecule has 15 nitrogen and oxygen atoms in total. The van der Waals surface area contributed by atoms with Crippen LogP contribution in [0.1, 0.15) is 75.7 Å². The fourth-order valence-corrected chi connectivity index (χ4v) is 6.98. The molecule has 11 N–H and O–H groups in total. The Morgan fingerprint density at radius 3 is 1.87 bits per heavy atom. The predicted molar refractivity (Wildman–Crippen MR) is 251 cm³/mol. The summed E-state index contributed by atoms with van der Waals surface area (Å²) in [7, 11) is 0. The number of carbonyl (C=O) groups excluding carboxylic acids is 5. The summed E-state index contributed by atoms with van der Waals surface area (Å²) in [6, 6.07) is 20.5. The maximum absolute atomic E-state index is 14.5. The van der Waals surface area contributed by atoms with Crippen LogP contribution in [0.3, 0.4) is 0 Å². The van der Waals surface area contributed by atoms with Gasteiger partial charge in [-0.2, -0.15) is 0 Å². The number of primary amides is 1. The number of nitrogens with one attached hydrogen (secondary N) is 5. The highest BCUT2D eigenvalue weighted by Crippen LogP contribution is 2.32. The highest BCUT2D eigenvalue weighted by Gasteiger charge is 2.32. The molecule has 0 aliphatic carbocycles. The van der Waals surface area contributed by atoms with Crippen LogP contribution in [0.5, 0.6) is 0 Å². The third-order valence-electron chi connectivity index (χ3n) is 10.1. The molecule has 63 heavy (non-hydrogen) atoms. The van der Waals surface area contributed by atoms with E-state index >= 15 is 0 Å². The van der Waals surface area contributed by atoms with Crippen LogP contribution in [0.2, 0.25) is 0 Å². The van der Waals surface area contributed by atoms with Gasteiger partial charge in [-0.05, 0) is 80.2 Å². The van der Waals surface area contributed by atoms with Gasteiger partial charge in [0.25, 0.3) is 5.91 Å². The summed E-state index contributed by atoms with van der Waals surface area (Å²) in [6.45, 7) is 15.2. The average Bonchev–Trinajstić information content (AvgIpc) is 3.24. The van der Waals surface area contributed by atoms with Crippen LogP contribution in [0.25, 0.3) is 22.2 Å². The van der Waals surface area contributed by atoms with Crippen molar-refractivity contribution in [2.24, 2.45) is 34.0 Å². The molecule has 0 spiro atoms. The maximum atomic E-state index is 14.5. The van der Waals surface area contributed by atoms with Gasteiger partial charge in [0.2, 0.25) is 23.6 Å². The summed E-state index contributed by atoms with van der Waals surface area (Å²) in [4.78, 5) is 77.3. The molecule has 0 aliphatic rings. The summed E-state index contributed by atoms with van der Waals surface area (Å²) in [5, 5.41) is 15.3. The lowest BCUT2D eigenvalue weighted by Crippen LogP contribution is -2.58. The van der Waals surface area contributed by atoms with Crippen molar-refractivity contribution in [3.63, 3.8) is 0 Å². The van der Waals surface area contributed by atoms with Gasteiger partial charge in [0.05, 0.1) is 22.5 Å². The van der Waals surface area contributed by atoms with Gasteiger partial charge in [0.1, 0.15) is 24.2 Å². The molecular formula is C48H62N10O5. The first-order chi connectivity index (χ1) is 30.1. The summed E-state index contributed by atoms with van der Waals surface area (Å²) in [5.74, 6) is -3.34. The maximum Gasteiger partial charge on any atom is 0.254 e. The molecule has 15 heteroatoms. The Morgan fingerprint density at radius 1 is 0.714 bits per heavy atom. The number of rotatable bonds is 24. The average molecular weight is 859 g/mol. The monoisotopic (exact) mass is 858 g/mol. The molecule has 4 atom stereocenters. The van der Waals surface area contributed by atoms with Crippen molar-refractivity contribution in [1.29, 1.82) is 0 Å². The number of aromatic nitrogens is 1. The normalized spacial score (nSPS) is 12.9. The number of hydrogen-bond donors (Lipinski definition) is 8. The molecule has 0 saturated carbocycles. The van der Waals surface area contributed by atoms with E-state index in [4.69, 9.17) is 22.2 Å². The number of para-hydroxylation sites is 2. The second kappa shape index (κ2) is 23.8. The van der Waals surface area contributed by atoms with Crippen molar-refractivity contribution in [3.05, 3.63) is 115 Å². The number of fused-ring (bicyclic) bond motifs is 1. The lowest BCUT2D eigenvalue weighted by molar-refractivity contribution is -0.134. The number of carbonyl (C=O) groups is 5. The lowest BCUT2D eigenvalue weighted by Gasteiger charge is -2.27. The molecule has 1 heterocycles. The van der Waals surface area contributed by atoms with Gasteiger partial charge in [-0.3, -0.25) is 29.0 Å². The Kier molecular flexibility index (Phi) is 18.4. The first-order valence-electron chi connectivity index (χ1n) is 21.2. The number of nitrogens with zero attached hydrogens (tertiary/aromatic N) is 2. The second-order valence-corrected chi connectivity index (χ2v) is 16.3. The van der Waals surface area contributed by atoms with Gasteiger partial charge in [0, 0.05) is 23.2 Å². The van der Waals surface area contributed by atoms with Gasteiger partial charge in [0.15, 0.2) is 5.96 Å². The molecule has 0 fully saturated rings. The molecule has 0 saturated heterocycles. The van der Waals surface area contributed by atoms with Gasteiger partial charge >= 0.3 is 0 Å². The summed E-state index contributed by atoms with van der Waals surface area (Å²) >= 11 is 0. The fraction of sp³-hybridized carbons (Fsp3) is 0.354. The summed E-state index contributed by atoms with van der Waals surface area (Å²) < 4.78 is 0. The van der Waals surface area contributed by atoms with E-state index in [-0.39, 0.29) is 55.6 Å². The molecule has 0 unspecified atom stereocenters. The number of benzene rings is 3. The van der Waals surface area contributed by atoms with Crippen molar-refractivity contribution in [2.75, 3.05) is 11.9 Å². The summed E-state index contributed by atoms with van der Waals surface area (Å²) in [6.07, 6.45) is 5.00. The zero-order valence-electron chi connectivity index (χ0n) is 36.7. The highest BCUT2D eigenvalue weighted by atomic mass is 16.2. The zero-order valence-corrected chi connectivity index (χ0v) is 36.7. The third-order valence-corrected chi connectivity index (χ3v) is 10.1. The SMILES string of the molecule is C=CCc1ccc(-c2cc(Nc3ccccc3)c3cccc(C(=O)N[C@@H](CCCN=C(N)N)C(=O)N[C@H](CC(C)C)C(=O)N[C@H](CC(C)C)C(=O)N[C@@H](CC=C)C(N)=O)c3n2)cc1. The van der Waals surface area contributed by atoms with Crippen LogP contribution in [0, 0.1) is 11.8 Å². The smallest absolute Gasteiger partial charge is 0.254 e. The molecule has 0 aliphatic heterocycles. The molecule has 334 valence electrons. The minimum Gasteiger partial charge on any atom is -0.370 e. The van der Waals surface area contributed by atoms with Crippen LogP contribution in [0.15, 0.2) is 109 Å². The van der Waals surface area contributed by atoms with Crippen LogP contribution in [0.4, 0.5) is 11.4 Å². The van der Waals surface area contributed by atoms with Crippen molar-refractivity contribution in [3.8, 4) is 11.3 Å². The molecule has 0 radical (unpaired) electrons. The van der Waals surface area contributed by atoms with Crippen molar-refractivity contribution in [2.45, 2.75) is 90.4 Å². The number of amides is 5. The number of pyridine rings is 1. The fourth-order valence-electron chi connectivity index (χ4n) is 6.98. The molecule has 0 bridgehead atoms. The van der Waals surface area contributed by atoms with E-state index in [0.29, 0.717) is 29.4 Å². The van der Waals surface area contributed by atoms with Crippen LogP contribution in [-0.4, -0.2) is 71.2 Å². The summed E-state index contributed by atoms with van der Waals surface area (Å²) in [5.41, 5.74) is 21.4. The Bertz CT molecular complexity index is 2260. The number of allylic oxidation sites excluding steroid dienone is 1. The minimum absolute atomic E-state index is 0.0249. The lowest BCUT2D eigenvalue weighted by atomic mass is 9.99.